The van der Waals surface area contributed by atoms with Crippen molar-refractivity contribution >= 4 is 47.4 Å². The number of nitrogens with zero attached hydrogens (tertiary/aromatic N) is 1. The Morgan fingerprint density at radius 2 is 2.00 bits per heavy atom. The quantitative estimate of drug-likeness (QED) is 0.796. The van der Waals surface area contributed by atoms with Gasteiger partial charge in [-0.2, -0.15) is 0 Å². The van der Waals surface area contributed by atoms with Crippen molar-refractivity contribution in [3.63, 3.8) is 0 Å². The molecule has 106 valence electrons. The SMILES string of the molecule is Cc1nc2ccc(NC(=O)C(C)(C)N)cc2[nH]1.Cl.Cl. The fraction of sp³-hybridized carbons (Fsp3) is 0.333. The number of hydrogen-bond donors (Lipinski definition) is 3. The Morgan fingerprint density at radius 3 is 2.58 bits per heavy atom. The van der Waals surface area contributed by atoms with E-state index in [1.54, 1.807) is 13.8 Å². The topological polar surface area (TPSA) is 83.8 Å². The number of carbonyl (C=O) groups excluding carboxylic acids is 1. The minimum Gasteiger partial charge on any atom is -0.342 e. The molecule has 19 heavy (non-hydrogen) atoms. The molecule has 0 saturated heterocycles. The van der Waals surface area contributed by atoms with Crippen molar-refractivity contribution in [2.24, 2.45) is 5.73 Å². The third-order valence-corrected chi connectivity index (χ3v) is 2.44. The molecule has 7 heteroatoms. The van der Waals surface area contributed by atoms with Crippen LogP contribution in [0.15, 0.2) is 18.2 Å². The van der Waals surface area contributed by atoms with Crippen LogP contribution in [-0.4, -0.2) is 21.4 Å². The molecule has 4 N–H and O–H groups in total. The summed E-state index contributed by atoms with van der Waals surface area (Å²) in [7, 11) is 0. The molecule has 0 radical (unpaired) electrons. The molecule has 0 aliphatic heterocycles. The first-order valence-corrected chi connectivity index (χ1v) is 5.43. The van der Waals surface area contributed by atoms with Crippen LogP contribution in [0.5, 0.6) is 0 Å². The number of aryl methyl sites for hydroxylation is 1. The number of fused-ring (bicyclic) bond motifs is 1. The second-order valence-electron chi connectivity index (χ2n) is 4.73. The Bertz CT molecular complexity index is 575. The fourth-order valence-electron chi connectivity index (χ4n) is 1.51. The largest absolute Gasteiger partial charge is 0.342 e. The highest BCUT2D eigenvalue weighted by atomic mass is 35.5. The lowest BCUT2D eigenvalue weighted by Crippen LogP contribution is -2.45. The first-order chi connectivity index (χ1) is 7.86. The van der Waals surface area contributed by atoms with Crippen molar-refractivity contribution in [1.29, 1.82) is 0 Å². The second-order valence-corrected chi connectivity index (χ2v) is 4.73. The predicted octanol–water partition coefficient (Wildman–Crippen LogP) is 2.39. The first-order valence-electron chi connectivity index (χ1n) is 5.43. The standard InChI is InChI=1S/C12H16N4O.2ClH/c1-7-14-9-5-4-8(6-10(9)15-7)16-11(17)12(2,3)13;;/h4-6H,13H2,1-3H3,(H,14,15)(H,16,17);2*1H. The van der Waals surface area contributed by atoms with Crippen molar-refractivity contribution in [2.75, 3.05) is 5.32 Å². The number of nitrogens with one attached hydrogen (secondary N) is 2. The predicted molar refractivity (Wildman–Crippen MR) is 82.2 cm³/mol. The third-order valence-electron chi connectivity index (χ3n) is 2.44. The van der Waals surface area contributed by atoms with E-state index in [2.05, 4.69) is 15.3 Å². The summed E-state index contributed by atoms with van der Waals surface area (Å²) in [5, 5.41) is 2.77. The molecular weight excluding hydrogens is 287 g/mol. The average Bonchev–Trinajstić information content (AvgIpc) is 2.55. The van der Waals surface area contributed by atoms with Gasteiger partial charge < -0.3 is 16.0 Å². The number of halogens is 2. The van der Waals surface area contributed by atoms with E-state index in [9.17, 15) is 4.79 Å². The number of H-pyrrole nitrogens is 1. The van der Waals surface area contributed by atoms with Gasteiger partial charge in [-0.15, -0.1) is 24.8 Å². The molecule has 0 spiro atoms. The fourth-order valence-corrected chi connectivity index (χ4v) is 1.51. The molecule has 2 rings (SSSR count). The van der Waals surface area contributed by atoms with Gasteiger partial charge >= 0.3 is 0 Å². The number of nitrogens with two attached hydrogens (primary N) is 1. The Morgan fingerprint density at radius 1 is 1.37 bits per heavy atom. The monoisotopic (exact) mass is 304 g/mol. The summed E-state index contributed by atoms with van der Waals surface area (Å²) < 4.78 is 0. The van der Waals surface area contributed by atoms with Crippen molar-refractivity contribution in [2.45, 2.75) is 26.3 Å². The maximum Gasteiger partial charge on any atom is 0.243 e. The highest BCUT2D eigenvalue weighted by Gasteiger charge is 2.21. The zero-order valence-electron chi connectivity index (χ0n) is 11.0. The van der Waals surface area contributed by atoms with Gasteiger partial charge in [0.15, 0.2) is 0 Å². The van der Waals surface area contributed by atoms with Gasteiger partial charge in [0, 0.05) is 5.69 Å². The number of hydrogen-bond acceptors (Lipinski definition) is 3. The van der Waals surface area contributed by atoms with Gasteiger partial charge in [-0.05, 0) is 39.0 Å². The van der Waals surface area contributed by atoms with Crippen LogP contribution < -0.4 is 11.1 Å². The lowest BCUT2D eigenvalue weighted by molar-refractivity contribution is -0.120. The maximum absolute atomic E-state index is 11.7. The highest BCUT2D eigenvalue weighted by Crippen LogP contribution is 2.17. The highest BCUT2D eigenvalue weighted by molar-refractivity contribution is 5.98. The molecule has 0 aliphatic carbocycles. The molecule has 0 bridgehead atoms. The van der Waals surface area contributed by atoms with Crippen molar-refractivity contribution in [1.82, 2.24) is 9.97 Å². The zero-order chi connectivity index (χ0) is 12.6. The van der Waals surface area contributed by atoms with Gasteiger partial charge in [-0.3, -0.25) is 4.79 Å². The molecule has 1 amide bonds. The Labute approximate surface area is 124 Å². The van der Waals surface area contributed by atoms with Crippen LogP contribution in [0.4, 0.5) is 5.69 Å². The minimum absolute atomic E-state index is 0. The van der Waals surface area contributed by atoms with E-state index in [1.807, 2.05) is 25.1 Å². The molecule has 0 fully saturated rings. The second kappa shape index (κ2) is 6.23. The number of rotatable bonds is 2. The maximum atomic E-state index is 11.7. The zero-order valence-corrected chi connectivity index (χ0v) is 12.6. The molecule has 5 nitrogen and oxygen atoms in total. The molecule has 0 aliphatic rings. The van der Waals surface area contributed by atoms with E-state index in [0.29, 0.717) is 5.69 Å². The minimum atomic E-state index is -0.890. The normalized spacial score (nSPS) is 10.5. The Kier molecular flexibility index (Phi) is 5.81. The summed E-state index contributed by atoms with van der Waals surface area (Å²) in [5.41, 5.74) is 7.31. The van der Waals surface area contributed by atoms with Crippen LogP contribution in [0.2, 0.25) is 0 Å². The van der Waals surface area contributed by atoms with Crippen molar-refractivity contribution < 1.29 is 4.79 Å². The summed E-state index contributed by atoms with van der Waals surface area (Å²) in [6.07, 6.45) is 0. The summed E-state index contributed by atoms with van der Waals surface area (Å²) in [6.45, 7) is 5.23. The molecule has 0 unspecified atom stereocenters. The average molecular weight is 305 g/mol. The molecule has 1 aromatic heterocycles. The van der Waals surface area contributed by atoms with Crippen molar-refractivity contribution in [3.05, 3.63) is 24.0 Å². The molecule has 1 heterocycles. The van der Waals surface area contributed by atoms with Crippen LogP contribution in [0.1, 0.15) is 19.7 Å². The molecule has 0 atom stereocenters. The Hall–Kier alpha value is -1.30. The van der Waals surface area contributed by atoms with Gasteiger partial charge in [-0.1, -0.05) is 0 Å². The van der Waals surface area contributed by atoms with E-state index in [4.69, 9.17) is 5.73 Å². The summed E-state index contributed by atoms with van der Waals surface area (Å²) in [6, 6.07) is 5.52. The lowest BCUT2D eigenvalue weighted by Gasteiger charge is -2.17. The van der Waals surface area contributed by atoms with E-state index < -0.39 is 5.54 Å². The molecule has 1 aromatic carbocycles. The van der Waals surface area contributed by atoms with E-state index in [-0.39, 0.29) is 30.7 Å². The molecule has 0 saturated carbocycles. The van der Waals surface area contributed by atoms with Crippen LogP contribution in [0, 0.1) is 6.92 Å². The number of aromatic nitrogens is 2. The first kappa shape index (κ1) is 17.7. The summed E-state index contributed by atoms with van der Waals surface area (Å²) >= 11 is 0. The third kappa shape index (κ3) is 4.09. The molecule has 2 aromatic rings. The number of amides is 1. The molecular formula is C12H18Cl2N4O. The van der Waals surface area contributed by atoms with Crippen LogP contribution in [0.3, 0.4) is 0 Å². The smallest absolute Gasteiger partial charge is 0.243 e. The number of aromatic amines is 1. The van der Waals surface area contributed by atoms with Crippen molar-refractivity contribution in [3.8, 4) is 0 Å². The van der Waals surface area contributed by atoms with Crippen LogP contribution in [-0.2, 0) is 4.79 Å². The number of anilines is 1. The van der Waals surface area contributed by atoms with Crippen LogP contribution >= 0.6 is 24.8 Å². The summed E-state index contributed by atoms with van der Waals surface area (Å²) in [4.78, 5) is 19.1. The van der Waals surface area contributed by atoms with E-state index >= 15 is 0 Å². The number of carbonyl (C=O) groups is 1. The van der Waals surface area contributed by atoms with Gasteiger partial charge in [-0.25, -0.2) is 4.98 Å². The van der Waals surface area contributed by atoms with Gasteiger partial charge in [0.1, 0.15) is 5.82 Å². The van der Waals surface area contributed by atoms with E-state index in [1.165, 1.54) is 0 Å². The van der Waals surface area contributed by atoms with E-state index in [0.717, 1.165) is 16.9 Å². The van der Waals surface area contributed by atoms with Gasteiger partial charge in [0.25, 0.3) is 0 Å². The summed E-state index contributed by atoms with van der Waals surface area (Å²) in [5.74, 6) is 0.635. The number of imidazole rings is 1. The Balaban J connectivity index is 0.00000162. The van der Waals surface area contributed by atoms with Crippen LogP contribution in [0.25, 0.3) is 11.0 Å². The number of benzene rings is 1. The lowest BCUT2D eigenvalue weighted by atomic mass is 10.1. The van der Waals surface area contributed by atoms with Gasteiger partial charge in [0.2, 0.25) is 5.91 Å². The van der Waals surface area contributed by atoms with Gasteiger partial charge in [0.05, 0.1) is 16.6 Å².